The standard InChI is InChI=1S/C27H43N3O5/c1-18(2)22(29-26(34)35-27(4,5)6)25(33)30(16-17-31)23(20-14-12-19(3)13-15-20)24(32)28-21-10-8-7-9-11-21/h12-15,18,21-23,31H,7-11,16-17H2,1-6H3,(H,28,32)(H,29,34). The van der Waals surface area contributed by atoms with Crippen molar-refractivity contribution < 1.29 is 24.2 Å². The third kappa shape index (κ3) is 8.84. The Morgan fingerprint density at radius 1 is 1.09 bits per heavy atom. The topological polar surface area (TPSA) is 108 Å². The van der Waals surface area contributed by atoms with Crippen LogP contribution in [0.5, 0.6) is 0 Å². The van der Waals surface area contributed by atoms with Crippen molar-refractivity contribution in [2.24, 2.45) is 5.92 Å². The van der Waals surface area contributed by atoms with Crippen LogP contribution in [0.15, 0.2) is 24.3 Å². The number of nitrogens with zero attached hydrogens (tertiary/aromatic N) is 1. The van der Waals surface area contributed by atoms with E-state index in [-0.39, 0.29) is 31.0 Å². The molecule has 8 heteroatoms. The van der Waals surface area contributed by atoms with E-state index in [1.54, 1.807) is 20.8 Å². The molecule has 0 radical (unpaired) electrons. The minimum Gasteiger partial charge on any atom is -0.444 e. The number of hydrogen-bond donors (Lipinski definition) is 3. The zero-order valence-electron chi connectivity index (χ0n) is 22.1. The first-order valence-electron chi connectivity index (χ1n) is 12.7. The van der Waals surface area contributed by atoms with Gasteiger partial charge >= 0.3 is 6.09 Å². The molecule has 1 aromatic rings. The highest BCUT2D eigenvalue weighted by atomic mass is 16.6. The van der Waals surface area contributed by atoms with Crippen molar-refractivity contribution in [1.29, 1.82) is 0 Å². The molecule has 8 nitrogen and oxygen atoms in total. The van der Waals surface area contributed by atoms with Gasteiger partial charge in [0, 0.05) is 12.6 Å². The van der Waals surface area contributed by atoms with Crippen molar-refractivity contribution in [3.63, 3.8) is 0 Å². The maximum Gasteiger partial charge on any atom is 0.408 e. The molecule has 1 aliphatic carbocycles. The minimum absolute atomic E-state index is 0.0469. The second kappa shape index (κ2) is 12.9. The maximum absolute atomic E-state index is 13.8. The van der Waals surface area contributed by atoms with E-state index >= 15 is 0 Å². The number of amides is 3. The number of nitrogens with one attached hydrogen (secondary N) is 2. The molecular formula is C27H43N3O5. The van der Waals surface area contributed by atoms with Crippen molar-refractivity contribution in [1.82, 2.24) is 15.5 Å². The Balaban J connectivity index is 2.38. The van der Waals surface area contributed by atoms with Crippen LogP contribution in [0.25, 0.3) is 0 Å². The Bertz CT molecular complexity index is 841. The van der Waals surface area contributed by atoms with E-state index in [0.29, 0.717) is 5.56 Å². The normalized spacial score (nSPS) is 16.3. The highest BCUT2D eigenvalue weighted by molar-refractivity contribution is 5.92. The average Bonchev–Trinajstić information content (AvgIpc) is 2.77. The van der Waals surface area contributed by atoms with Crippen LogP contribution in [-0.2, 0) is 14.3 Å². The molecule has 3 amide bonds. The number of ether oxygens (including phenoxy) is 1. The quantitative estimate of drug-likeness (QED) is 0.488. The summed E-state index contributed by atoms with van der Waals surface area (Å²) in [7, 11) is 0. The van der Waals surface area contributed by atoms with Crippen LogP contribution < -0.4 is 10.6 Å². The first-order chi connectivity index (χ1) is 16.4. The monoisotopic (exact) mass is 489 g/mol. The van der Waals surface area contributed by atoms with Gasteiger partial charge in [0.05, 0.1) is 6.61 Å². The van der Waals surface area contributed by atoms with Crippen LogP contribution in [0, 0.1) is 12.8 Å². The lowest BCUT2D eigenvalue weighted by Crippen LogP contribution is -2.56. The van der Waals surface area contributed by atoms with Gasteiger partial charge in [0.15, 0.2) is 0 Å². The number of alkyl carbamates (subject to hydrolysis) is 1. The van der Waals surface area contributed by atoms with Crippen LogP contribution in [0.1, 0.15) is 83.9 Å². The summed E-state index contributed by atoms with van der Waals surface area (Å²) in [5.41, 5.74) is 0.974. The summed E-state index contributed by atoms with van der Waals surface area (Å²) in [5.74, 6) is -0.983. The van der Waals surface area contributed by atoms with Gasteiger partial charge in [-0.05, 0) is 52.0 Å². The molecule has 1 aliphatic rings. The summed E-state index contributed by atoms with van der Waals surface area (Å²) in [4.78, 5) is 41.3. The molecule has 196 valence electrons. The van der Waals surface area contributed by atoms with Gasteiger partial charge in [-0.2, -0.15) is 0 Å². The highest BCUT2D eigenvalue weighted by Gasteiger charge is 2.37. The van der Waals surface area contributed by atoms with E-state index in [0.717, 1.165) is 37.7 Å². The second-order valence-electron chi connectivity index (χ2n) is 10.8. The van der Waals surface area contributed by atoms with Gasteiger partial charge in [0.1, 0.15) is 17.7 Å². The van der Waals surface area contributed by atoms with Crippen molar-refractivity contribution in [3.05, 3.63) is 35.4 Å². The molecule has 2 rings (SSSR count). The summed E-state index contributed by atoms with van der Waals surface area (Å²) in [5, 5.41) is 15.7. The number of carbonyl (C=O) groups is 3. The number of rotatable bonds is 9. The Morgan fingerprint density at radius 3 is 2.20 bits per heavy atom. The summed E-state index contributed by atoms with van der Waals surface area (Å²) in [6.45, 7) is 10.5. The Kier molecular flexibility index (Phi) is 10.6. The molecule has 2 atom stereocenters. The predicted octanol–water partition coefficient (Wildman–Crippen LogP) is 3.86. The lowest BCUT2D eigenvalue weighted by atomic mass is 9.94. The van der Waals surface area contributed by atoms with E-state index in [1.807, 2.05) is 45.0 Å². The van der Waals surface area contributed by atoms with E-state index < -0.39 is 29.7 Å². The molecule has 3 N–H and O–H groups in total. The molecule has 0 bridgehead atoms. The molecule has 1 aromatic carbocycles. The summed E-state index contributed by atoms with van der Waals surface area (Å²) in [6, 6.07) is 5.68. The van der Waals surface area contributed by atoms with Crippen LogP contribution >= 0.6 is 0 Å². The molecule has 0 aliphatic heterocycles. The number of carbonyl (C=O) groups excluding carboxylic acids is 3. The first kappa shape index (κ1) is 28.6. The zero-order chi connectivity index (χ0) is 26.2. The van der Waals surface area contributed by atoms with Gasteiger partial charge in [-0.15, -0.1) is 0 Å². The lowest BCUT2D eigenvalue weighted by Gasteiger charge is -2.36. The van der Waals surface area contributed by atoms with Gasteiger partial charge in [-0.3, -0.25) is 9.59 Å². The number of hydrogen-bond acceptors (Lipinski definition) is 5. The first-order valence-corrected chi connectivity index (χ1v) is 12.7. The number of benzene rings is 1. The average molecular weight is 490 g/mol. The van der Waals surface area contributed by atoms with Gasteiger partial charge in [0.25, 0.3) is 0 Å². The fourth-order valence-electron chi connectivity index (χ4n) is 4.35. The third-order valence-corrected chi connectivity index (χ3v) is 6.13. The molecule has 0 spiro atoms. The predicted molar refractivity (Wildman–Crippen MR) is 136 cm³/mol. The molecule has 1 saturated carbocycles. The molecule has 35 heavy (non-hydrogen) atoms. The van der Waals surface area contributed by atoms with Crippen molar-refractivity contribution >= 4 is 17.9 Å². The molecule has 0 heterocycles. The van der Waals surface area contributed by atoms with Gasteiger partial charge in [0.2, 0.25) is 11.8 Å². The minimum atomic E-state index is -0.932. The smallest absolute Gasteiger partial charge is 0.408 e. The number of aliphatic hydroxyl groups excluding tert-OH is 1. The SMILES string of the molecule is Cc1ccc(C(C(=O)NC2CCCCC2)N(CCO)C(=O)C(NC(=O)OC(C)(C)C)C(C)C)cc1. The van der Waals surface area contributed by atoms with Crippen molar-refractivity contribution in [2.75, 3.05) is 13.2 Å². The van der Waals surface area contributed by atoms with Crippen molar-refractivity contribution in [3.8, 4) is 0 Å². The highest BCUT2D eigenvalue weighted by Crippen LogP contribution is 2.26. The fraction of sp³-hybridized carbons (Fsp3) is 0.667. The Morgan fingerprint density at radius 2 is 1.69 bits per heavy atom. The van der Waals surface area contributed by atoms with E-state index in [1.165, 1.54) is 4.90 Å². The second-order valence-corrected chi connectivity index (χ2v) is 10.8. The summed E-state index contributed by atoms with van der Waals surface area (Å²) >= 11 is 0. The van der Waals surface area contributed by atoms with Gasteiger partial charge < -0.3 is 25.4 Å². The summed E-state index contributed by atoms with van der Waals surface area (Å²) < 4.78 is 5.37. The number of aliphatic hydroxyl groups is 1. The van der Waals surface area contributed by atoms with E-state index in [9.17, 15) is 19.5 Å². The zero-order valence-corrected chi connectivity index (χ0v) is 22.1. The van der Waals surface area contributed by atoms with Crippen LogP contribution in [0.2, 0.25) is 0 Å². The van der Waals surface area contributed by atoms with Crippen molar-refractivity contribution in [2.45, 2.75) is 97.4 Å². The molecular weight excluding hydrogens is 446 g/mol. The Hall–Kier alpha value is -2.61. The fourth-order valence-corrected chi connectivity index (χ4v) is 4.35. The van der Waals surface area contributed by atoms with Gasteiger partial charge in [-0.1, -0.05) is 62.9 Å². The molecule has 0 aromatic heterocycles. The maximum atomic E-state index is 13.8. The van der Waals surface area contributed by atoms with E-state index in [4.69, 9.17) is 4.74 Å². The van der Waals surface area contributed by atoms with Crippen LogP contribution in [0.3, 0.4) is 0 Å². The number of aryl methyl sites for hydroxylation is 1. The van der Waals surface area contributed by atoms with E-state index in [2.05, 4.69) is 10.6 Å². The van der Waals surface area contributed by atoms with Gasteiger partial charge in [-0.25, -0.2) is 4.79 Å². The molecule has 0 saturated heterocycles. The molecule has 1 fully saturated rings. The third-order valence-electron chi connectivity index (χ3n) is 6.13. The lowest BCUT2D eigenvalue weighted by molar-refractivity contribution is -0.144. The van der Waals surface area contributed by atoms with Crippen LogP contribution in [-0.4, -0.2) is 58.8 Å². The Labute approximate surface area is 209 Å². The largest absolute Gasteiger partial charge is 0.444 e. The molecule has 2 unspecified atom stereocenters. The van der Waals surface area contributed by atoms with Crippen LogP contribution in [0.4, 0.5) is 4.79 Å². The summed E-state index contributed by atoms with van der Waals surface area (Å²) in [6.07, 6.45) is 4.41.